The molecular formula is C15H19F4NO. The number of rotatable bonds is 4. The topological polar surface area (TPSA) is 23.5 Å². The number of hydrogen-bond donors (Lipinski definition) is 1. The van der Waals surface area contributed by atoms with Gasteiger partial charge >= 0.3 is 6.18 Å². The second-order valence-corrected chi connectivity index (χ2v) is 5.48. The molecule has 1 fully saturated rings. The Balaban J connectivity index is 1.79. The number of benzene rings is 1. The number of aliphatic hydroxyl groups excluding tert-OH is 1. The van der Waals surface area contributed by atoms with E-state index < -0.39 is 24.0 Å². The molecule has 1 aliphatic heterocycles. The third-order valence-electron chi connectivity index (χ3n) is 4.03. The molecule has 1 heterocycles. The summed E-state index contributed by atoms with van der Waals surface area (Å²) in [5.74, 6) is -1.67. The first-order chi connectivity index (χ1) is 9.88. The first-order valence-corrected chi connectivity index (χ1v) is 7.09. The molecule has 21 heavy (non-hydrogen) atoms. The quantitative estimate of drug-likeness (QED) is 0.860. The van der Waals surface area contributed by atoms with Gasteiger partial charge < -0.3 is 10.0 Å². The van der Waals surface area contributed by atoms with E-state index in [2.05, 4.69) is 0 Å². The van der Waals surface area contributed by atoms with Crippen LogP contribution < -0.4 is 0 Å². The van der Waals surface area contributed by atoms with E-state index in [1.165, 1.54) is 12.1 Å². The summed E-state index contributed by atoms with van der Waals surface area (Å²) in [5, 5.41) is 9.97. The van der Waals surface area contributed by atoms with Gasteiger partial charge in [-0.05, 0) is 38.4 Å². The molecule has 0 amide bonds. The van der Waals surface area contributed by atoms with Gasteiger partial charge in [-0.15, -0.1) is 0 Å². The fourth-order valence-electron chi connectivity index (χ4n) is 2.69. The van der Waals surface area contributed by atoms with Crippen LogP contribution in [0.4, 0.5) is 17.6 Å². The Morgan fingerprint density at radius 3 is 2.38 bits per heavy atom. The van der Waals surface area contributed by atoms with E-state index in [1.807, 2.05) is 4.90 Å². The second-order valence-electron chi connectivity index (χ2n) is 5.48. The van der Waals surface area contributed by atoms with Crippen LogP contribution in [0, 0.1) is 11.7 Å². The van der Waals surface area contributed by atoms with E-state index in [0.29, 0.717) is 26.1 Å². The van der Waals surface area contributed by atoms with Crippen molar-refractivity contribution in [1.82, 2.24) is 4.90 Å². The minimum Gasteiger partial charge on any atom is -0.388 e. The molecular weight excluding hydrogens is 286 g/mol. The van der Waals surface area contributed by atoms with E-state index in [-0.39, 0.29) is 18.4 Å². The van der Waals surface area contributed by atoms with Crippen molar-refractivity contribution < 1.29 is 22.7 Å². The van der Waals surface area contributed by atoms with Gasteiger partial charge in [0.1, 0.15) is 5.82 Å². The van der Waals surface area contributed by atoms with Crippen LogP contribution in [0.3, 0.4) is 0 Å². The molecule has 2 nitrogen and oxygen atoms in total. The highest BCUT2D eigenvalue weighted by atomic mass is 19.4. The maximum absolute atomic E-state index is 13.5. The summed E-state index contributed by atoms with van der Waals surface area (Å²) in [4.78, 5) is 1.90. The molecule has 1 aromatic carbocycles. The third-order valence-corrected chi connectivity index (χ3v) is 4.03. The zero-order valence-corrected chi connectivity index (χ0v) is 11.6. The van der Waals surface area contributed by atoms with Gasteiger partial charge in [0.2, 0.25) is 0 Å². The summed E-state index contributed by atoms with van der Waals surface area (Å²) in [6.45, 7) is 1.21. The van der Waals surface area contributed by atoms with Crippen LogP contribution in [0.2, 0.25) is 0 Å². The van der Waals surface area contributed by atoms with Crippen LogP contribution in [0.25, 0.3) is 0 Å². The molecule has 0 saturated carbocycles. The molecule has 0 aliphatic carbocycles. The van der Waals surface area contributed by atoms with Gasteiger partial charge in [0.15, 0.2) is 0 Å². The van der Waals surface area contributed by atoms with Crippen LogP contribution in [-0.2, 0) is 0 Å². The summed E-state index contributed by atoms with van der Waals surface area (Å²) < 4.78 is 51.1. The van der Waals surface area contributed by atoms with Crippen LogP contribution in [0.5, 0.6) is 0 Å². The number of likely N-dealkylation sites (tertiary alicyclic amines) is 1. The Morgan fingerprint density at radius 2 is 1.81 bits per heavy atom. The molecule has 1 aromatic rings. The Bertz CT molecular complexity index is 455. The van der Waals surface area contributed by atoms with Crippen LogP contribution in [0.15, 0.2) is 24.3 Å². The zero-order valence-electron chi connectivity index (χ0n) is 11.6. The van der Waals surface area contributed by atoms with Crippen LogP contribution >= 0.6 is 0 Å². The smallest absolute Gasteiger partial charge is 0.388 e. The molecule has 118 valence electrons. The highest BCUT2D eigenvalue weighted by Crippen LogP contribution is 2.34. The zero-order chi connectivity index (χ0) is 15.5. The van der Waals surface area contributed by atoms with E-state index in [9.17, 15) is 22.7 Å². The van der Waals surface area contributed by atoms with Crippen LogP contribution in [0.1, 0.15) is 30.9 Å². The molecule has 1 atom stereocenters. The van der Waals surface area contributed by atoms with Crippen molar-refractivity contribution >= 4 is 0 Å². The van der Waals surface area contributed by atoms with Crippen molar-refractivity contribution in [2.24, 2.45) is 5.92 Å². The number of halogens is 4. The summed E-state index contributed by atoms with van der Waals surface area (Å²) >= 11 is 0. The predicted molar refractivity (Wildman–Crippen MR) is 71.2 cm³/mol. The second kappa shape index (κ2) is 6.75. The molecule has 6 heteroatoms. The summed E-state index contributed by atoms with van der Waals surface area (Å²) in [5.41, 5.74) is 0.239. The number of hydrogen-bond acceptors (Lipinski definition) is 2. The van der Waals surface area contributed by atoms with E-state index in [0.717, 1.165) is 0 Å². The molecule has 2 rings (SSSR count). The van der Waals surface area contributed by atoms with Gasteiger partial charge in [0.25, 0.3) is 0 Å². The first kappa shape index (κ1) is 16.2. The van der Waals surface area contributed by atoms with Crippen LogP contribution in [-0.4, -0.2) is 35.8 Å². The monoisotopic (exact) mass is 305 g/mol. The summed E-state index contributed by atoms with van der Waals surface area (Å²) in [6, 6.07) is 6.01. The Hall–Kier alpha value is -1.14. The van der Waals surface area contributed by atoms with Crippen molar-refractivity contribution in [2.75, 3.05) is 19.6 Å². The lowest BCUT2D eigenvalue weighted by molar-refractivity contribution is -0.185. The molecule has 1 N–H and O–H groups in total. The molecule has 0 aromatic heterocycles. The number of nitrogens with zero attached hydrogens (tertiary/aromatic N) is 1. The molecule has 1 aliphatic rings. The normalized spacial score (nSPS) is 19.7. The largest absolute Gasteiger partial charge is 0.391 e. The lowest BCUT2D eigenvalue weighted by atomic mass is 9.96. The number of piperidine rings is 1. The first-order valence-electron chi connectivity index (χ1n) is 7.09. The van der Waals surface area contributed by atoms with E-state index in [4.69, 9.17) is 0 Å². The SMILES string of the molecule is OC(CCN1CCC(C(F)(F)F)CC1)c1ccccc1F. The average molecular weight is 305 g/mol. The van der Waals surface area contributed by atoms with Crippen molar-refractivity contribution in [2.45, 2.75) is 31.5 Å². The highest BCUT2D eigenvalue weighted by Gasteiger charge is 2.40. The third kappa shape index (κ3) is 4.41. The van der Waals surface area contributed by atoms with Crippen molar-refractivity contribution in [3.05, 3.63) is 35.6 Å². The van der Waals surface area contributed by atoms with Gasteiger partial charge in [0.05, 0.1) is 12.0 Å². The highest BCUT2D eigenvalue weighted by molar-refractivity contribution is 5.19. The molecule has 0 radical (unpaired) electrons. The predicted octanol–water partition coefficient (Wildman–Crippen LogP) is 3.52. The summed E-state index contributed by atoms with van der Waals surface area (Å²) in [6.07, 6.45) is -4.53. The Kier molecular flexibility index (Phi) is 5.22. The lowest BCUT2D eigenvalue weighted by Gasteiger charge is -2.33. The maximum atomic E-state index is 13.5. The minimum absolute atomic E-state index is 0.0965. The Labute approximate surface area is 121 Å². The fraction of sp³-hybridized carbons (Fsp3) is 0.600. The van der Waals surface area contributed by atoms with Gasteiger partial charge in [0, 0.05) is 12.1 Å². The maximum Gasteiger partial charge on any atom is 0.391 e. The molecule has 0 spiro atoms. The van der Waals surface area contributed by atoms with Crippen molar-refractivity contribution in [3.63, 3.8) is 0 Å². The van der Waals surface area contributed by atoms with Gasteiger partial charge in [-0.3, -0.25) is 0 Å². The average Bonchev–Trinajstić information content (AvgIpc) is 2.45. The van der Waals surface area contributed by atoms with Gasteiger partial charge in [-0.2, -0.15) is 13.2 Å². The standard InChI is InChI=1S/C15H19F4NO/c16-13-4-2-1-3-12(13)14(21)7-10-20-8-5-11(6-9-20)15(17,18)19/h1-4,11,14,21H,5-10H2. The van der Waals surface area contributed by atoms with Crippen molar-refractivity contribution in [1.29, 1.82) is 0 Å². The molecule has 1 saturated heterocycles. The number of alkyl halides is 3. The summed E-state index contributed by atoms with van der Waals surface area (Å²) in [7, 11) is 0. The van der Waals surface area contributed by atoms with Gasteiger partial charge in [-0.1, -0.05) is 18.2 Å². The minimum atomic E-state index is -4.11. The van der Waals surface area contributed by atoms with Crippen molar-refractivity contribution in [3.8, 4) is 0 Å². The van der Waals surface area contributed by atoms with E-state index >= 15 is 0 Å². The number of aliphatic hydroxyl groups is 1. The molecule has 1 unspecified atom stereocenters. The lowest BCUT2D eigenvalue weighted by Crippen LogP contribution is -2.39. The molecule has 0 bridgehead atoms. The fourth-order valence-corrected chi connectivity index (χ4v) is 2.69. The van der Waals surface area contributed by atoms with Gasteiger partial charge in [-0.25, -0.2) is 4.39 Å². The van der Waals surface area contributed by atoms with E-state index in [1.54, 1.807) is 12.1 Å². The Morgan fingerprint density at radius 1 is 1.19 bits per heavy atom.